The van der Waals surface area contributed by atoms with Crippen LogP contribution in [-0.4, -0.2) is 42.3 Å². The fourth-order valence-electron chi connectivity index (χ4n) is 4.01. The maximum Gasteiger partial charge on any atom is 0.290 e. The Labute approximate surface area is 191 Å². The molecule has 8 heteroatoms. The molecule has 1 aliphatic rings. The molecule has 33 heavy (non-hydrogen) atoms. The number of ether oxygens (including phenoxy) is 1. The zero-order valence-electron chi connectivity index (χ0n) is 18.4. The molecule has 4 heterocycles. The molecule has 0 aliphatic carbocycles. The number of rotatable bonds is 7. The Morgan fingerprint density at radius 2 is 1.85 bits per heavy atom. The highest BCUT2D eigenvalue weighted by Gasteiger charge is 2.29. The van der Waals surface area contributed by atoms with E-state index in [0.29, 0.717) is 37.9 Å². The highest BCUT2D eigenvalue weighted by atomic mass is 16.5. The molecule has 1 saturated heterocycles. The normalized spacial score (nSPS) is 13.9. The molecule has 0 unspecified atom stereocenters. The minimum Gasteiger partial charge on any atom is -0.467 e. The van der Waals surface area contributed by atoms with Crippen LogP contribution in [0.25, 0.3) is 11.3 Å². The van der Waals surface area contributed by atoms with Gasteiger partial charge >= 0.3 is 0 Å². The SMILES string of the molecule is Cc1cccc(-c2noc(N3CCOCC3)c2CN(Cc2ccco2)C(=O)c2ccco2)c1. The van der Waals surface area contributed by atoms with E-state index in [2.05, 4.69) is 16.1 Å². The molecule has 1 aromatic carbocycles. The monoisotopic (exact) mass is 447 g/mol. The van der Waals surface area contributed by atoms with Crippen molar-refractivity contribution in [1.82, 2.24) is 10.1 Å². The Balaban J connectivity index is 1.55. The molecule has 170 valence electrons. The van der Waals surface area contributed by atoms with Gasteiger partial charge in [0, 0.05) is 18.7 Å². The van der Waals surface area contributed by atoms with Crippen LogP contribution in [-0.2, 0) is 17.8 Å². The third kappa shape index (κ3) is 4.56. The minimum absolute atomic E-state index is 0.235. The third-order valence-electron chi connectivity index (χ3n) is 5.65. The van der Waals surface area contributed by atoms with Crippen LogP contribution in [0.4, 0.5) is 5.88 Å². The van der Waals surface area contributed by atoms with Crippen LogP contribution in [0.1, 0.15) is 27.4 Å². The summed E-state index contributed by atoms with van der Waals surface area (Å²) in [6.07, 6.45) is 3.09. The number of carbonyl (C=O) groups excluding carboxylic acids is 1. The van der Waals surface area contributed by atoms with E-state index in [1.165, 1.54) is 6.26 Å². The number of amides is 1. The van der Waals surface area contributed by atoms with Gasteiger partial charge in [-0.05, 0) is 37.3 Å². The van der Waals surface area contributed by atoms with Crippen LogP contribution in [0.15, 0.2) is 74.4 Å². The summed E-state index contributed by atoms with van der Waals surface area (Å²) in [5, 5.41) is 4.43. The third-order valence-corrected chi connectivity index (χ3v) is 5.65. The van der Waals surface area contributed by atoms with Gasteiger partial charge in [-0.2, -0.15) is 0 Å². The molecule has 0 N–H and O–H groups in total. The number of aryl methyl sites for hydroxylation is 1. The summed E-state index contributed by atoms with van der Waals surface area (Å²) in [6, 6.07) is 15.1. The maximum atomic E-state index is 13.4. The molecule has 0 atom stereocenters. The van der Waals surface area contributed by atoms with Crippen molar-refractivity contribution < 1.29 is 22.9 Å². The summed E-state index contributed by atoms with van der Waals surface area (Å²) in [4.78, 5) is 17.2. The van der Waals surface area contributed by atoms with Gasteiger partial charge in [-0.3, -0.25) is 4.79 Å². The van der Waals surface area contributed by atoms with Gasteiger partial charge in [0.2, 0.25) is 5.88 Å². The van der Waals surface area contributed by atoms with E-state index >= 15 is 0 Å². The quantitative estimate of drug-likeness (QED) is 0.412. The average molecular weight is 447 g/mol. The summed E-state index contributed by atoms with van der Waals surface area (Å²) in [5.41, 5.74) is 3.62. The van der Waals surface area contributed by atoms with E-state index in [9.17, 15) is 4.79 Å². The second-order valence-electron chi connectivity index (χ2n) is 8.00. The Morgan fingerprint density at radius 1 is 1.03 bits per heavy atom. The first kappa shape index (κ1) is 21.1. The van der Waals surface area contributed by atoms with Gasteiger partial charge < -0.3 is 27.9 Å². The maximum absolute atomic E-state index is 13.4. The number of furan rings is 2. The van der Waals surface area contributed by atoms with E-state index in [0.717, 1.165) is 22.4 Å². The van der Waals surface area contributed by atoms with E-state index in [-0.39, 0.29) is 24.8 Å². The molecular weight excluding hydrogens is 422 g/mol. The first-order valence-electron chi connectivity index (χ1n) is 10.9. The Hall–Kier alpha value is -3.78. The fraction of sp³-hybridized carbons (Fsp3) is 0.280. The zero-order valence-corrected chi connectivity index (χ0v) is 18.4. The molecule has 0 radical (unpaired) electrons. The van der Waals surface area contributed by atoms with Gasteiger partial charge in [0.05, 0.1) is 44.4 Å². The number of morpholine rings is 1. The minimum atomic E-state index is -0.235. The Morgan fingerprint density at radius 3 is 2.58 bits per heavy atom. The molecule has 5 rings (SSSR count). The number of aromatic nitrogens is 1. The molecule has 0 bridgehead atoms. The van der Waals surface area contributed by atoms with Crippen molar-refractivity contribution in [2.45, 2.75) is 20.0 Å². The number of benzene rings is 1. The van der Waals surface area contributed by atoms with Gasteiger partial charge in [0.15, 0.2) is 5.76 Å². The van der Waals surface area contributed by atoms with E-state index in [4.69, 9.17) is 18.1 Å². The van der Waals surface area contributed by atoms with Crippen molar-refractivity contribution in [2.24, 2.45) is 0 Å². The van der Waals surface area contributed by atoms with Gasteiger partial charge in [0.1, 0.15) is 11.5 Å². The van der Waals surface area contributed by atoms with Gasteiger partial charge in [-0.25, -0.2) is 0 Å². The molecule has 1 aliphatic heterocycles. The van der Waals surface area contributed by atoms with Crippen LogP contribution < -0.4 is 4.90 Å². The average Bonchev–Trinajstić information content (AvgIpc) is 3.61. The lowest BCUT2D eigenvalue weighted by atomic mass is 10.0. The van der Waals surface area contributed by atoms with E-state index in [1.54, 1.807) is 23.3 Å². The number of hydrogen-bond acceptors (Lipinski definition) is 7. The van der Waals surface area contributed by atoms with E-state index < -0.39 is 0 Å². The lowest BCUT2D eigenvalue weighted by molar-refractivity contribution is 0.0685. The van der Waals surface area contributed by atoms with Crippen LogP contribution >= 0.6 is 0 Å². The predicted octanol–water partition coefficient (Wildman–Crippen LogP) is 4.52. The van der Waals surface area contributed by atoms with Crippen molar-refractivity contribution in [3.63, 3.8) is 0 Å². The molecule has 1 amide bonds. The Kier molecular flexibility index (Phi) is 5.99. The standard InChI is InChI=1S/C25H25N3O5/c1-18-5-2-6-19(15-18)23-21(25(33-26-23)27-9-13-30-14-10-27)17-28(16-20-7-3-11-31-20)24(29)22-8-4-12-32-22/h2-8,11-12,15H,9-10,13-14,16-17H2,1H3. The molecule has 8 nitrogen and oxygen atoms in total. The first-order chi connectivity index (χ1) is 16.2. The molecule has 0 saturated carbocycles. The smallest absolute Gasteiger partial charge is 0.290 e. The lowest BCUT2D eigenvalue weighted by Crippen LogP contribution is -2.37. The van der Waals surface area contributed by atoms with Crippen molar-refractivity contribution in [3.8, 4) is 11.3 Å². The van der Waals surface area contributed by atoms with Crippen LogP contribution in [0, 0.1) is 6.92 Å². The summed E-state index contributed by atoms with van der Waals surface area (Å²) in [6.45, 7) is 5.21. The summed E-state index contributed by atoms with van der Waals surface area (Å²) in [5.74, 6) is 1.37. The van der Waals surface area contributed by atoms with Crippen molar-refractivity contribution >= 4 is 11.8 Å². The molecule has 3 aromatic heterocycles. The zero-order chi connectivity index (χ0) is 22.6. The van der Waals surface area contributed by atoms with Crippen molar-refractivity contribution in [1.29, 1.82) is 0 Å². The Bertz CT molecular complexity index is 1190. The van der Waals surface area contributed by atoms with E-state index in [1.807, 2.05) is 37.3 Å². The fourth-order valence-corrected chi connectivity index (χ4v) is 4.01. The predicted molar refractivity (Wildman–Crippen MR) is 121 cm³/mol. The lowest BCUT2D eigenvalue weighted by Gasteiger charge is -2.28. The molecule has 1 fully saturated rings. The number of carbonyl (C=O) groups is 1. The largest absolute Gasteiger partial charge is 0.467 e. The second kappa shape index (κ2) is 9.38. The number of anilines is 1. The second-order valence-corrected chi connectivity index (χ2v) is 8.00. The van der Waals surface area contributed by atoms with Crippen LogP contribution in [0.5, 0.6) is 0 Å². The van der Waals surface area contributed by atoms with Crippen molar-refractivity contribution in [3.05, 3.63) is 83.7 Å². The van der Waals surface area contributed by atoms with Crippen molar-refractivity contribution in [2.75, 3.05) is 31.2 Å². The van der Waals surface area contributed by atoms with Crippen LogP contribution in [0.2, 0.25) is 0 Å². The van der Waals surface area contributed by atoms with Crippen LogP contribution in [0.3, 0.4) is 0 Å². The molecule has 4 aromatic rings. The summed E-state index contributed by atoms with van der Waals surface area (Å²) in [7, 11) is 0. The summed E-state index contributed by atoms with van der Waals surface area (Å²) >= 11 is 0. The summed E-state index contributed by atoms with van der Waals surface area (Å²) < 4.78 is 22.3. The van der Waals surface area contributed by atoms with Gasteiger partial charge in [-0.15, -0.1) is 0 Å². The number of nitrogens with zero attached hydrogens (tertiary/aromatic N) is 3. The molecular formula is C25H25N3O5. The topological polar surface area (TPSA) is 85.1 Å². The van der Waals surface area contributed by atoms with Gasteiger partial charge in [-0.1, -0.05) is 28.9 Å². The molecule has 0 spiro atoms. The van der Waals surface area contributed by atoms with Gasteiger partial charge in [0.25, 0.3) is 5.91 Å². The highest BCUT2D eigenvalue weighted by molar-refractivity contribution is 5.91. The first-order valence-corrected chi connectivity index (χ1v) is 10.9. The number of hydrogen-bond donors (Lipinski definition) is 0. The highest BCUT2D eigenvalue weighted by Crippen LogP contribution is 2.34.